The third kappa shape index (κ3) is 1.07. The number of benzene rings is 1. The smallest absolute Gasteiger partial charge is 0.00171 e. The van der Waals surface area contributed by atoms with Gasteiger partial charge in [-0.3, -0.25) is 0 Å². The van der Waals surface area contributed by atoms with E-state index in [1.807, 2.05) is 0 Å². The summed E-state index contributed by atoms with van der Waals surface area (Å²) in [5.41, 5.74) is 6.32. The van der Waals surface area contributed by atoms with Crippen LogP contribution in [0, 0.1) is 0 Å². The first-order valence-corrected chi connectivity index (χ1v) is 4.48. The Morgan fingerprint density at radius 3 is 2.64 bits per heavy atom. The van der Waals surface area contributed by atoms with Crippen LogP contribution in [0.15, 0.2) is 12.1 Å². The SMILES string of the molecule is CCc1cc(CC)c2c(c1)C2. The van der Waals surface area contributed by atoms with Crippen LogP contribution in [0.4, 0.5) is 0 Å². The van der Waals surface area contributed by atoms with Crippen LogP contribution in [0.5, 0.6) is 0 Å². The van der Waals surface area contributed by atoms with Crippen molar-refractivity contribution in [3.05, 3.63) is 34.4 Å². The third-order valence-electron chi connectivity index (χ3n) is 2.53. The minimum atomic E-state index is 1.18. The average Bonchev–Trinajstić information content (AvgIpc) is 2.80. The van der Waals surface area contributed by atoms with Crippen molar-refractivity contribution in [1.82, 2.24) is 0 Å². The van der Waals surface area contributed by atoms with Crippen molar-refractivity contribution < 1.29 is 0 Å². The van der Waals surface area contributed by atoms with Crippen molar-refractivity contribution in [2.24, 2.45) is 0 Å². The molecule has 0 saturated carbocycles. The predicted octanol–water partition coefficient (Wildman–Crippen LogP) is 2.72. The van der Waals surface area contributed by atoms with Gasteiger partial charge in [0.2, 0.25) is 0 Å². The normalized spacial score (nSPS) is 12.9. The summed E-state index contributed by atoms with van der Waals surface area (Å²) in [6, 6.07) is 4.72. The molecule has 0 N–H and O–H groups in total. The molecule has 58 valence electrons. The second-order valence-corrected chi connectivity index (χ2v) is 3.28. The van der Waals surface area contributed by atoms with Gasteiger partial charge < -0.3 is 0 Å². The lowest BCUT2D eigenvalue weighted by Gasteiger charge is -1.98. The molecular formula is C11H14. The van der Waals surface area contributed by atoms with Gasteiger partial charge in [-0.1, -0.05) is 26.0 Å². The highest BCUT2D eigenvalue weighted by atomic mass is 14.2. The van der Waals surface area contributed by atoms with Crippen LogP contribution < -0.4 is 0 Å². The lowest BCUT2D eigenvalue weighted by Crippen LogP contribution is -1.83. The molecule has 0 aromatic heterocycles. The van der Waals surface area contributed by atoms with Crippen LogP contribution >= 0.6 is 0 Å². The van der Waals surface area contributed by atoms with E-state index < -0.39 is 0 Å². The molecule has 0 unspecified atom stereocenters. The largest absolute Gasteiger partial charge is 0.0613 e. The van der Waals surface area contributed by atoms with Crippen LogP contribution in [-0.2, 0) is 19.3 Å². The second kappa shape index (κ2) is 2.37. The van der Waals surface area contributed by atoms with E-state index in [4.69, 9.17) is 0 Å². The molecule has 2 rings (SSSR count). The average molecular weight is 146 g/mol. The van der Waals surface area contributed by atoms with Gasteiger partial charge in [0.15, 0.2) is 0 Å². The van der Waals surface area contributed by atoms with E-state index >= 15 is 0 Å². The fourth-order valence-corrected chi connectivity index (χ4v) is 1.70. The van der Waals surface area contributed by atoms with E-state index in [1.54, 1.807) is 16.7 Å². The monoisotopic (exact) mass is 146 g/mol. The summed E-state index contributed by atoms with van der Waals surface area (Å²) >= 11 is 0. The molecule has 0 spiro atoms. The maximum absolute atomic E-state index is 2.37. The summed E-state index contributed by atoms with van der Waals surface area (Å²) in [5, 5.41) is 0. The molecule has 1 aromatic rings. The molecule has 0 heterocycles. The van der Waals surface area contributed by atoms with Crippen LogP contribution in [0.1, 0.15) is 36.1 Å². The summed E-state index contributed by atoms with van der Waals surface area (Å²) < 4.78 is 0. The molecule has 0 radical (unpaired) electrons. The molecule has 0 saturated heterocycles. The second-order valence-electron chi connectivity index (χ2n) is 3.28. The summed E-state index contributed by atoms with van der Waals surface area (Å²) in [7, 11) is 0. The van der Waals surface area contributed by atoms with Gasteiger partial charge in [0.1, 0.15) is 0 Å². The molecule has 11 heavy (non-hydrogen) atoms. The lowest BCUT2D eigenvalue weighted by atomic mass is 10.1. The molecule has 0 aliphatic heterocycles. The van der Waals surface area contributed by atoms with Crippen molar-refractivity contribution in [3.63, 3.8) is 0 Å². The van der Waals surface area contributed by atoms with Crippen molar-refractivity contribution in [2.45, 2.75) is 33.1 Å². The van der Waals surface area contributed by atoms with Gasteiger partial charge in [-0.25, -0.2) is 0 Å². The van der Waals surface area contributed by atoms with Crippen molar-refractivity contribution in [1.29, 1.82) is 0 Å². The molecular weight excluding hydrogens is 132 g/mol. The van der Waals surface area contributed by atoms with Crippen LogP contribution in [0.2, 0.25) is 0 Å². The highest BCUT2D eigenvalue weighted by Crippen LogP contribution is 2.33. The summed E-state index contributed by atoms with van der Waals surface area (Å²) in [6.45, 7) is 4.47. The highest BCUT2D eigenvalue weighted by molar-refractivity contribution is 5.52. The Morgan fingerprint density at radius 2 is 2.00 bits per heavy atom. The van der Waals surface area contributed by atoms with Gasteiger partial charge in [0, 0.05) is 0 Å². The van der Waals surface area contributed by atoms with E-state index in [0.29, 0.717) is 0 Å². The Morgan fingerprint density at radius 1 is 1.18 bits per heavy atom. The number of fused-ring (bicyclic) bond motifs is 1. The van der Waals surface area contributed by atoms with E-state index in [2.05, 4.69) is 26.0 Å². The molecule has 0 amide bonds. The van der Waals surface area contributed by atoms with E-state index in [-0.39, 0.29) is 0 Å². The zero-order valence-electron chi connectivity index (χ0n) is 7.28. The molecule has 0 nitrogen and oxygen atoms in total. The fourth-order valence-electron chi connectivity index (χ4n) is 1.70. The molecule has 0 heteroatoms. The van der Waals surface area contributed by atoms with E-state index in [1.165, 1.54) is 24.8 Å². The fraction of sp³-hybridized carbons (Fsp3) is 0.455. The van der Waals surface area contributed by atoms with Gasteiger partial charge in [-0.15, -0.1) is 0 Å². The molecule has 0 fully saturated rings. The van der Waals surface area contributed by atoms with Gasteiger partial charge in [0.05, 0.1) is 0 Å². The topological polar surface area (TPSA) is 0 Å². The summed E-state index contributed by atoms with van der Waals surface area (Å²) in [4.78, 5) is 0. The Bertz CT molecular complexity index is 284. The van der Waals surface area contributed by atoms with Crippen LogP contribution in [0.25, 0.3) is 0 Å². The Labute approximate surface area is 68.3 Å². The zero-order valence-corrected chi connectivity index (χ0v) is 7.28. The number of aryl methyl sites for hydroxylation is 2. The predicted molar refractivity (Wildman–Crippen MR) is 48.0 cm³/mol. The molecule has 1 aliphatic rings. The molecule has 0 atom stereocenters. The first-order chi connectivity index (χ1) is 5.35. The molecule has 0 bridgehead atoms. The highest BCUT2D eigenvalue weighted by Gasteiger charge is 2.20. The first kappa shape index (κ1) is 6.90. The summed E-state index contributed by atoms with van der Waals surface area (Å²) in [6.07, 6.45) is 3.65. The summed E-state index contributed by atoms with van der Waals surface area (Å²) in [5.74, 6) is 0. The standard InChI is InChI=1S/C11H14/c1-3-8-5-9(4-2)11-7-10(11)6-8/h5-6H,3-4,7H2,1-2H3. The zero-order chi connectivity index (χ0) is 7.84. The number of hydrogen-bond donors (Lipinski definition) is 0. The quantitative estimate of drug-likeness (QED) is 0.611. The first-order valence-electron chi connectivity index (χ1n) is 4.48. The van der Waals surface area contributed by atoms with Gasteiger partial charge in [0.25, 0.3) is 0 Å². The van der Waals surface area contributed by atoms with Crippen LogP contribution in [0.3, 0.4) is 0 Å². The maximum atomic E-state index is 2.37. The third-order valence-corrected chi connectivity index (χ3v) is 2.53. The van der Waals surface area contributed by atoms with Crippen molar-refractivity contribution in [3.8, 4) is 0 Å². The minimum Gasteiger partial charge on any atom is -0.0613 e. The van der Waals surface area contributed by atoms with Crippen molar-refractivity contribution in [2.75, 3.05) is 0 Å². The Balaban J connectivity index is 2.43. The Hall–Kier alpha value is -0.780. The van der Waals surface area contributed by atoms with Gasteiger partial charge >= 0.3 is 0 Å². The van der Waals surface area contributed by atoms with Crippen molar-refractivity contribution >= 4 is 0 Å². The van der Waals surface area contributed by atoms with Crippen LogP contribution in [-0.4, -0.2) is 0 Å². The van der Waals surface area contributed by atoms with E-state index in [0.717, 1.165) is 0 Å². The molecule has 1 aromatic carbocycles. The Kier molecular flexibility index (Phi) is 1.49. The van der Waals surface area contributed by atoms with Gasteiger partial charge in [-0.05, 0) is 41.5 Å². The lowest BCUT2D eigenvalue weighted by molar-refractivity contribution is 1.09. The maximum Gasteiger partial charge on any atom is -0.00171 e. The molecule has 1 aliphatic carbocycles. The van der Waals surface area contributed by atoms with E-state index in [9.17, 15) is 0 Å². The number of hydrogen-bond acceptors (Lipinski definition) is 0. The van der Waals surface area contributed by atoms with Gasteiger partial charge in [-0.2, -0.15) is 0 Å². The minimum absolute atomic E-state index is 1.18. The number of rotatable bonds is 2.